The van der Waals surface area contributed by atoms with E-state index in [1.165, 1.54) is 6.07 Å². The Bertz CT molecular complexity index is 680. The van der Waals surface area contributed by atoms with Crippen molar-refractivity contribution < 1.29 is 19.1 Å². The van der Waals surface area contributed by atoms with Gasteiger partial charge >= 0.3 is 0 Å². The van der Waals surface area contributed by atoms with E-state index in [1.54, 1.807) is 6.92 Å². The highest BCUT2D eigenvalue weighted by Gasteiger charge is 2.53. The molecule has 2 saturated heterocycles. The molecule has 0 unspecified atom stereocenters. The van der Waals surface area contributed by atoms with Gasteiger partial charge in [0.15, 0.2) is 11.2 Å². The Labute approximate surface area is 152 Å². The van der Waals surface area contributed by atoms with E-state index in [9.17, 15) is 14.7 Å². The third kappa shape index (κ3) is 3.89. The molecule has 3 heterocycles. The van der Waals surface area contributed by atoms with Crippen molar-refractivity contribution in [3.8, 4) is 0 Å². The SMILES string of the molecule is Cc1cc(=O)cc(C(=O)N[C@]2(C)CCOC3(CCNCC3)[C@H]2O)o1.Cl. The zero-order chi connectivity index (χ0) is 17.4. The summed E-state index contributed by atoms with van der Waals surface area (Å²) in [6.45, 7) is 5.44. The number of rotatable bonds is 2. The Morgan fingerprint density at radius 2 is 2.00 bits per heavy atom. The van der Waals surface area contributed by atoms with Crippen LogP contribution in [0.5, 0.6) is 0 Å². The zero-order valence-electron chi connectivity index (χ0n) is 14.5. The van der Waals surface area contributed by atoms with Crippen LogP contribution >= 0.6 is 12.4 Å². The fraction of sp³-hybridized carbons (Fsp3) is 0.647. The van der Waals surface area contributed by atoms with Gasteiger partial charge in [-0.3, -0.25) is 9.59 Å². The Morgan fingerprint density at radius 1 is 1.32 bits per heavy atom. The number of aliphatic hydroxyl groups excluding tert-OH is 1. The van der Waals surface area contributed by atoms with Crippen molar-refractivity contribution in [2.75, 3.05) is 19.7 Å². The molecule has 2 fully saturated rings. The summed E-state index contributed by atoms with van der Waals surface area (Å²) >= 11 is 0. The predicted molar refractivity (Wildman–Crippen MR) is 94.2 cm³/mol. The maximum absolute atomic E-state index is 12.5. The summed E-state index contributed by atoms with van der Waals surface area (Å²) in [6.07, 6.45) is 1.05. The van der Waals surface area contributed by atoms with Gasteiger partial charge in [0, 0.05) is 18.7 Å². The zero-order valence-corrected chi connectivity index (χ0v) is 15.3. The van der Waals surface area contributed by atoms with E-state index in [1.807, 2.05) is 6.92 Å². The van der Waals surface area contributed by atoms with Crippen molar-refractivity contribution in [1.82, 2.24) is 10.6 Å². The molecule has 0 saturated carbocycles. The van der Waals surface area contributed by atoms with Crippen molar-refractivity contribution >= 4 is 18.3 Å². The van der Waals surface area contributed by atoms with Gasteiger partial charge in [-0.25, -0.2) is 0 Å². The Hall–Kier alpha value is -1.41. The van der Waals surface area contributed by atoms with Crippen molar-refractivity contribution in [2.24, 2.45) is 0 Å². The molecule has 0 aliphatic carbocycles. The third-order valence-electron chi connectivity index (χ3n) is 5.08. The van der Waals surface area contributed by atoms with E-state index in [0.29, 0.717) is 31.6 Å². The minimum atomic E-state index is -0.838. The van der Waals surface area contributed by atoms with Gasteiger partial charge in [-0.2, -0.15) is 0 Å². The number of piperidine rings is 1. The standard InChI is InChI=1S/C17H24N2O5.ClH/c1-11-9-12(20)10-13(24-11)14(21)19-16(2)5-8-23-17(15(16)22)3-6-18-7-4-17;/h9-10,15,18,22H,3-8H2,1-2H3,(H,19,21);1H/t15-,16+;/m0./s1. The fourth-order valence-electron chi connectivity index (χ4n) is 3.70. The summed E-state index contributed by atoms with van der Waals surface area (Å²) < 4.78 is 11.3. The smallest absolute Gasteiger partial charge is 0.287 e. The van der Waals surface area contributed by atoms with E-state index in [-0.39, 0.29) is 23.6 Å². The van der Waals surface area contributed by atoms with Gasteiger partial charge in [0.2, 0.25) is 0 Å². The van der Waals surface area contributed by atoms with Crippen LogP contribution < -0.4 is 16.1 Å². The number of aliphatic hydroxyl groups is 1. The van der Waals surface area contributed by atoms with Gasteiger partial charge in [-0.15, -0.1) is 12.4 Å². The molecular formula is C17H25ClN2O5. The molecule has 0 aromatic carbocycles. The molecule has 2 atom stereocenters. The van der Waals surface area contributed by atoms with Gasteiger partial charge in [-0.05, 0) is 46.2 Å². The monoisotopic (exact) mass is 372 g/mol. The normalized spacial score (nSPS) is 28.2. The highest BCUT2D eigenvalue weighted by Crippen LogP contribution is 2.38. The van der Waals surface area contributed by atoms with Crippen LogP contribution in [-0.2, 0) is 4.74 Å². The second-order valence-electron chi connectivity index (χ2n) is 6.96. The van der Waals surface area contributed by atoms with Gasteiger partial charge < -0.3 is 24.9 Å². The molecule has 2 aliphatic rings. The molecule has 3 rings (SSSR count). The average Bonchev–Trinajstić information content (AvgIpc) is 2.53. The number of carbonyl (C=O) groups is 1. The van der Waals surface area contributed by atoms with Gasteiger partial charge in [0.1, 0.15) is 11.9 Å². The summed E-state index contributed by atoms with van der Waals surface area (Å²) in [5.74, 6) is -0.164. The number of halogens is 1. The molecule has 1 aromatic heterocycles. The lowest BCUT2D eigenvalue weighted by atomic mass is 9.73. The first-order valence-electron chi connectivity index (χ1n) is 8.32. The topological polar surface area (TPSA) is 101 Å². The summed E-state index contributed by atoms with van der Waals surface area (Å²) in [4.78, 5) is 24.1. The maximum atomic E-state index is 12.5. The third-order valence-corrected chi connectivity index (χ3v) is 5.08. The molecular weight excluding hydrogens is 348 g/mol. The van der Waals surface area contributed by atoms with Crippen LogP contribution in [0.1, 0.15) is 42.5 Å². The highest BCUT2D eigenvalue weighted by atomic mass is 35.5. The highest BCUT2D eigenvalue weighted by molar-refractivity contribution is 5.91. The minimum Gasteiger partial charge on any atom is -0.456 e. The molecule has 0 bridgehead atoms. The number of nitrogens with one attached hydrogen (secondary N) is 2. The molecule has 140 valence electrons. The first-order valence-corrected chi connectivity index (χ1v) is 8.32. The van der Waals surface area contributed by atoms with Crippen LogP contribution in [-0.4, -0.2) is 48.0 Å². The molecule has 3 N–H and O–H groups in total. The lowest BCUT2D eigenvalue weighted by molar-refractivity contribution is -0.197. The molecule has 7 nitrogen and oxygen atoms in total. The lowest BCUT2D eigenvalue weighted by Gasteiger charge is -2.52. The number of aryl methyl sites for hydroxylation is 1. The second kappa shape index (κ2) is 7.45. The Morgan fingerprint density at radius 3 is 2.64 bits per heavy atom. The average molecular weight is 373 g/mol. The van der Waals surface area contributed by atoms with Crippen LogP contribution in [0.2, 0.25) is 0 Å². The summed E-state index contributed by atoms with van der Waals surface area (Å²) in [5.41, 5.74) is -1.76. The molecule has 1 amide bonds. The van der Waals surface area contributed by atoms with E-state index in [2.05, 4.69) is 10.6 Å². The van der Waals surface area contributed by atoms with Gasteiger partial charge in [0.25, 0.3) is 5.91 Å². The predicted octanol–water partition coefficient (Wildman–Crippen LogP) is 0.762. The van der Waals surface area contributed by atoms with Crippen molar-refractivity contribution in [1.29, 1.82) is 0 Å². The Kier molecular flexibility index (Phi) is 5.93. The maximum Gasteiger partial charge on any atom is 0.287 e. The number of amides is 1. The summed E-state index contributed by atoms with van der Waals surface area (Å²) in [5, 5.41) is 17.1. The van der Waals surface area contributed by atoms with E-state index < -0.39 is 23.2 Å². The number of carbonyl (C=O) groups excluding carboxylic acids is 1. The van der Waals surface area contributed by atoms with Crippen LogP contribution in [0.15, 0.2) is 21.3 Å². The second-order valence-corrected chi connectivity index (χ2v) is 6.96. The summed E-state index contributed by atoms with van der Waals surface area (Å²) in [7, 11) is 0. The number of ether oxygens (including phenoxy) is 1. The van der Waals surface area contributed by atoms with Crippen molar-refractivity contribution in [3.63, 3.8) is 0 Å². The van der Waals surface area contributed by atoms with Crippen LogP contribution in [0.4, 0.5) is 0 Å². The van der Waals surface area contributed by atoms with Crippen LogP contribution in [0.3, 0.4) is 0 Å². The van der Waals surface area contributed by atoms with Crippen molar-refractivity contribution in [3.05, 3.63) is 33.9 Å². The molecule has 1 spiro atoms. The van der Waals surface area contributed by atoms with E-state index in [0.717, 1.165) is 19.2 Å². The largest absolute Gasteiger partial charge is 0.456 e. The molecule has 2 aliphatic heterocycles. The van der Waals surface area contributed by atoms with Crippen molar-refractivity contribution in [2.45, 2.75) is 50.4 Å². The fourth-order valence-corrected chi connectivity index (χ4v) is 3.70. The molecule has 25 heavy (non-hydrogen) atoms. The quantitative estimate of drug-likeness (QED) is 0.708. The van der Waals surface area contributed by atoms with E-state index >= 15 is 0 Å². The summed E-state index contributed by atoms with van der Waals surface area (Å²) in [6, 6.07) is 2.49. The van der Waals surface area contributed by atoms with Crippen LogP contribution in [0.25, 0.3) is 0 Å². The van der Waals surface area contributed by atoms with E-state index in [4.69, 9.17) is 9.15 Å². The van der Waals surface area contributed by atoms with Gasteiger partial charge in [-0.1, -0.05) is 0 Å². The molecule has 0 radical (unpaired) electrons. The molecule has 1 aromatic rings. The van der Waals surface area contributed by atoms with Crippen LogP contribution in [0, 0.1) is 6.92 Å². The lowest BCUT2D eigenvalue weighted by Crippen LogP contribution is -2.69. The minimum absolute atomic E-state index is 0. The first-order chi connectivity index (χ1) is 11.3. The number of hydrogen-bond acceptors (Lipinski definition) is 6. The first kappa shape index (κ1) is 19.9. The Balaban J connectivity index is 0.00000225. The van der Waals surface area contributed by atoms with Gasteiger partial charge in [0.05, 0.1) is 11.1 Å². The number of hydrogen-bond donors (Lipinski definition) is 3. The molecule has 8 heteroatoms.